The number of furan rings is 1. The van der Waals surface area contributed by atoms with Gasteiger partial charge in [-0.2, -0.15) is 0 Å². The van der Waals surface area contributed by atoms with Crippen LogP contribution in [0.4, 0.5) is 0 Å². The highest BCUT2D eigenvalue weighted by molar-refractivity contribution is 7.20. The molecule has 4 heteroatoms. The second-order valence-corrected chi connectivity index (χ2v) is 15.5. The summed E-state index contributed by atoms with van der Waals surface area (Å²) >= 11 is 1.78. The molecule has 0 bridgehead atoms. The van der Waals surface area contributed by atoms with Crippen molar-refractivity contribution in [2.24, 2.45) is 5.92 Å². The Balaban J connectivity index is 1.44. The zero-order valence-electron chi connectivity index (χ0n) is 30.6. The first-order valence-electron chi connectivity index (χ1n) is 18.2. The number of aryl methyl sites for hydroxylation is 4. The van der Waals surface area contributed by atoms with Gasteiger partial charge in [0.1, 0.15) is 22.3 Å². The Bertz CT molecular complexity index is 2800. The Morgan fingerprint density at radius 2 is 1.47 bits per heavy atom. The summed E-state index contributed by atoms with van der Waals surface area (Å²) in [5.41, 5.74) is 13.8. The van der Waals surface area contributed by atoms with Crippen molar-refractivity contribution in [1.82, 2.24) is 0 Å². The van der Waals surface area contributed by atoms with E-state index in [0.717, 1.165) is 66.7 Å². The molecule has 6 heterocycles. The van der Waals surface area contributed by atoms with E-state index in [9.17, 15) is 2.74 Å². The van der Waals surface area contributed by atoms with Gasteiger partial charge in [-0.3, -0.25) is 0 Å². The second kappa shape index (κ2) is 9.99. The van der Waals surface area contributed by atoms with Crippen LogP contribution >= 0.6 is 11.3 Å². The van der Waals surface area contributed by atoms with Gasteiger partial charge in [0.25, 0.3) is 0 Å². The van der Waals surface area contributed by atoms with Gasteiger partial charge in [-0.25, -0.2) is 0 Å². The molecule has 2 aliphatic rings. The highest BCUT2D eigenvalue weighted by Gasteiger charge is 2.67. The lowest BCUT2D eigenvalue weighted by atomic mass is 9.89. The van der Waals surface area contributed by atoms with E-state index in [-0.39, 0.29) is 5.92 Å². The fourth-order valence-electron chi connectivity index (χ4n) is 8.83. The van der Waals surface area contributed by atoms with Crippen LogP contribution in [0, 0.1) is 33.6 Å². The lowest BCUT2D eigenvalue weighted by molar-refractivity contribution is -0.955. The van der Waals surface area contributed by atoms with Crippen molar-refractivity contribution < 1.29 is 16.3 Å². The molecule has 238 valence electrons. The zero-order valence-corrected chi connectivity index (χ0v) is 29.4. The summed E-state index contributed by atoms with van der Waals surface area (Å²) in [5, 5.41) is 3.38. The molecule has 0 fully saturated rings. The molecule has 0 saturated carbocycles. The Kier molecular flexibility index (Phi) is 5.47. The maximum Gasteiger partial charge on any atom is 0.417 e. The molecule has 3 nitrogen and oxygen atoms in total. The lowest BCUT2D eigenvalue weighted by Crippen LogP contribution is -2.71. The molecule has 4 aromatic carbocycles. The molecule has 2 aliphatic heterocycles. The first-order valence-corrected chi connectivity index (χ1v) is 18.0. The van der Waals surface area contributed by atoms with Crippen molar-refractivity contribution in [2.75, 3.05) is 0 Å². The van der Waals surface area contributed by atoms with Gasteiger partial charge in [-0.15, -0.1) is 20.5 Å². The fourth-order valence-corrected chi connectivity index (χ4v) is 9.83. The van der Waals surface area contributed by atoms with Gasteiger partial charge >= 0.3 is 5.66 Å². The minimum absolute atomic E-state index is 0.249. The third-order valence-electron chi connectivity index (χ3n) is 10.7. The molecule has 1 spiro atoms. The molecule has 49 heavy (non-hydrogen) atoms. The molecule has 0 N–H and O–H groups in total. The van der Waals surface area contributed by atoms with Crippen molar-refractivity contribution >= 4 is 43.4 Å². The maximum atomic E-state index is 9.64. The molecule has 4 aromatic heterocycles. The van der Waals surface area contributed by atoms with Gasteiger partial charge in [0.15, 0.2) is 18.0 Å². The van der Waals surface area contributed by atoms with E-state index in [1.807, 2.05) is 13.8 Å². The Hall–Kier alpha value is -5.06. The van der Waals surface area contributed by atoms with Gasteiger partial charge in [0.2, 0.25) is 11.4 Å². The van der Waals surface area contributed by atoms with Gasteiger partial charge in [0.05, 0.1) is 10.3 Å². The summed E-state index contributed by atoms with van der Waals surface area (Å²) in [6.07, 6.45) is 2.94. The van der Waals surface area contributed by atoms with Gasteiger partial charge < -0.3 is 4.42 Å². The van der Waals surface area contributed by atoms with Crippen molar-refractivity contribution in [1.29, 1.82) is 0 Å². The van der Waals surface area contributed by atoms with Crippen molar-refractivity contribution in [3.05, 3.63) is 142 Å². The highest BCUT2D eigenvalue weighted by Crippen LogP contribution is 2.52. The Labute approximate surface area is 293 Å². The number of hydrogen-bond donors (Lipinski definition) is 0. The Morgan fingerprint density at radius 1 is 0.714 bits per heavy atom. The minimum Gasteiger partial charge on any atom is -0.454 e. The second-order valence-electron chi connectivity index (χ2n) is 14.3. The quantitative estimate of drug-likeness (QED) is 0.173. The topological polar surface area (TPSA) is 20.9 Å². The number of fused-ring (bicyclic) bond motifs is 16. The summed E-state index contributed by atoms with van der Waals surface area (Å²) in [7, 11) is 0. The molecule has 0 radical (unpaired) electrons. The SMILES string of the molecule is [2H]C([2H])(c1cc2[n+](cc1-c1c(C)cccc1C)C1(c3ccccc3-c3ccc(C)c[n+]31)c1ccc3c(oc4c3ccc3cc(C)sc34)c1-2)C(C)C. The van der Waals surface area contributed by atoms with Gasteiger partial charge in [-0.1, -0.05) is 50.2 Å². The number of benzene rings is 4. The molecule has 8 aromatic rings. The van der Waals surface area contributed by atoms with Crippen LogP contribution in [-0.4, -0.2) is 0 Å². The van der Waals surface area contributed by atoms with Crippen molar-refractivity contribution in [2.45, 2.75) is 53.6 Å². The largest absolute Gasteiger partial charge is 0.454 e. The summed E-state index contributed by atoms with van der Waals surface area (Å²) in [6.45, 7) is 12.6. The number of nitrogens with zero attached hydrogens (tertiary/aromatic N) is 2. The third-order valence-corrected chi connectivity index (χ3v) is 11.8. The molecular formula is C45H38N2OS+2. The van der Waals surface area contributed by atoms with E-state index in [4.69, 9.17) is 4.42 Å². The molecule has 1 unspecified atom stereocenters. The molecule has 0 aliphatic carbocycles. The number of rotatable bonds is 3. The normalized spacial score (nSPS) is 16.8. The molecule has 1 atom stereocenters. The van der Waals surface area contributed by atoms with Gasteiger partial charge in [0, 0.05) is 41.7 Å². The van der Waals surface area contributed by atoms with Crippen LogP contribution in [0.25, 0.3) is 65.7 Å². The minimum atomic E-state index is -1.60. The molecular weight excluding hydrogens is 617 g/mol. The number of thiophene rings is 1. The van der Waals surface area contributed by atoms with Crippen molar-refractivity contribution in [3.63, 3.8) is 0 Å². The fraction of sp³-hybridized carbons (Fsp3) is 0.200. The van der Waals surface area contributed by atoms with E-state index >= 15 is 0 Å². The summed E-state index contributed by atoms with van der Waals surface area (Å²) in [6, 6.07) is 32.9. The monoisotopic (exact) mass is 656 g/mol. The van der Waals surface area contributed by atoms with Crippen LogP contribution in [0.3, 0.4) is 0 Å². The van der Waals surface area contributed by atoms with Crippen LogP contribution in [0.1, 0.15) is 54.8 Å². The maximum absolute atomic E-state index is 9.64. The number of pyridine rings is 2. The zero-order chi connectivity index (χ0) is 35.1. The first-order chi connectivity index (χ1) is 24.5. The summed E-state index contributed by atoms with van der Waals surface area (Å²) < 4.78 is 32.4. The molecule has 0 saturated heterocycles. The number of aromatic nitrogens is 2. The first kappa shape index (κ1) is 26.8. The predicted molar refractivity (Wildman–Crippen MR) is 201 cm³/mol. The van der Waals surface area contributed by atoms with E-state index in [0.29, 0.717) is 5.56 Å². The smallest absolute Gasteiger partial charge is 0.417 e. The standard InChI is InChI=1S/C45H38N2OS/c1-25(2)20-31-22-39-41-37(18-17-32-33-16-15-30-21-29(6)49-44(30)43(33)48-42(32)41)45(47(39)24-35(31)40-27(4)10-9-11-28(40)5)36-13-8-7-12-34(36)38-19-14-26(3)23-46(38)45/h7-19,21-25H,20H2,1-6H3/q+2/i20D2. The summed E-state index contributed by atoms with van der Waals surface area (Å²) in [4.78, 5) is 1.26. The van der Waals surface area contributed by atoms with E-state index < -0.39 is 12.0 Å². The van der Waals surface area contributed by atoms with Crippen molar-refractivity contribution in [3.8, 4) is 33.6 Å². The van der Waals surface area contributed by atoms with Crippen LogP contribution in [0.2, 0.25) is 0 Å². The van der Waals surface area contributed by atoms with E-state index in [1.54, 1.807) is 11.3 Å². The van der Waals surface area contributed by atoms with Crippen LogP contribution in [0.5, 0.6) is 0 Å². The predicted octanol–water partition coefficient (Wildman–Crippen LogP) is 10.7. The average molecular weight is 657 g/mol. The molecule has 0 amide bonds. The Morgan fingerprint density at radius 3 is 2.29 bits per heavy atom. The average Bonchev–Trinajstić information content (AvgIpc) is 3.83. The van der Waals surface area contributed by atoms with Crippen LogP contribution < -0.4 is 9.13 Å². The third kappa shape index (κ3) is 3.73. The van der Waals surface area contributed by atoms with Crippen LogP contribution in [0.15, 0.2) is 108 Å². The van der Waals surface area contributed by atoms with Crippen LogP contribution in [-0.2, 0) is 12.0 Å². The van der Waals surface area contributed by atoms with Gasteiger partial charge in [-0.05, 0) is 110 Å². The lowest BCUT2D eigenvalue weighted by Gasteiger charge is -2.20. The summed E-state index contributed by atoms with van der Waals surface area (Å²) in [5.74, 6) is -0.249. The highest BCUT2D eigenvalue weighted by atomic mass is 32.1. The van der Waals surface area contributed by atoms with E-state index in [2.05, 4.69) is 140 Å². The number of hydrogen-bond acceptors (Lipinski definition) is 2. The molecule has 10 rings (SSSR count). The van der Waals surface area contributed by atoms with E-state index in [1.165, 1.54) is 31.7 Å².